The highest BCUT2D eigenvalue weighted by Gasteiger charge is 2.31. The van der Waals surface area contributed by atoms with Crippen LogP contribution in [0.25, 0.3) is 0 Å². The smallest absolute Gasteiger partial charge is 0.408 e. The molecule has 1 heterocycles. The van der Waals surface area contributed by atoms with Crippen molar-refractivity contribution < 1.29 is 9.90 Å². The molecule has 1 N–H and O–H groups in total. The van der Waals surface area contributed by atoms with Gasteiger partial charge in [0.05, 0.1) is 6.04 Å². The lowest BCUT2D eigenvalue weighted by Crippen LogP contribution is -2.50. The summed E-state index contributed by atoms with van der Waals surface area (Å²) in [5, 5.41) is 9.57. The number of hydrogen-bond acceptors (Lipinski definition) is 3. The second kappa shape index (κ2) is 7.01. The van der Waals surface area contributed by atoms with E-state index in [9.17, 15) is 9.90 Å². The Labute approximate surface area is 145 Å². The molecule has 24 heavy (non-hydrogen) atoms. The highest BCUT2D eigenvalue weighted by Crippen LogP contribution is 2.29. The largest absolute Gasteiger partial charge is 0.465 e. The van der Waals surface area contributed by atoms with E-state index in [0.717, 1.165) is 25.2 Å². The molecule has 1 aromatic carbocycles. The number of hydrogen-bond donors (Lipinski definition) is 1. The molecule has 0 saturated carbocycles. The van der Waals surface area contributed by atoms with Gasteiger partial charge in [0.25, 0.3) is 0 Å². The lowest BCUT2D eigenvalue weighted by atomic mass is 9.99. The summed E-state index contributed by atoms with van der Waals surface area (Å²) < 4.78 is 0. The second-order valence-corrected chi connectivity index (χ2v) is 7.87. The molecule has 2 atom stereocenters. The standard InChI is InChI=1S/C19H31N3O2/c1-14-13-21(12-11-20(14)6)17-9-7-16(8-10-17)15(2)22(18(23)24)19(3,4)5/h7-10,14-15H,11-13H2,1-6H3,(H,23,24)/t14-,15+/m1/s1. The number of anilines is 1. The van der Waals surface area contributed by atoms with Crippen LogP contribution in [0.5, 0.6) is 0 Å². The quantitative estimate of drug-likeness (QED) is 0.917. The third-order valence-electron chi connectivity index (χ3n) is 5.02. The van der Waals surface area contributed by atoms with Gasteiger partial charge in [0.2, 0.25) is 0 Å². The molecular formula is C19H31N3O2. The molecule has 1 aromatic rings. The van der Waals surface area contributed by atoms with Crippen LogP contribution in [0.15, 0.2) is 24.3 Å². The maximum atomic E-state index is 11.7. The van der Waals surface area contributed by atoms with Crippen molar-refractivity contribution in [1.29, 1.82) is 0 Å². The molecule has 2 rings (SSSR count). The van der Waals surface area contributed by atoms with E-state index in [1.54, 1.807) is 0 Å². The molecule has 0 spiro atoms. The zero-order valence-corrected chi connectivity index (χ0v) is 15.8. The van der Waals surface area contributed by atoms with Crippen molar-refractivity contribution in [2.45, 2.75) is 52.2 Å². The fraction of sp³-hybridized carbons (Fsp3) is 0.632. The van der Waals surface area contributed by atoms with Crippen molar-refractivity contribution in [3.63, 3.8) is 0 Å². The van der Waals surface area contributed by atoms with E-state index in [2.05, 4.69) is 48.0 Å². The zero-order chi connectivity index (χ0) is 18.1. The van der Waals surface area contributed by atoms with Gasteiger partial charge in [-0.25, -0.2) is 4.79 Å². The number of carboxylic acid groups (broad SMARTS) is 1. The topological polar surface area (TPSA) is 47.0 Å². The first kappa shape index (κ1) is 18.6. The van der Waals surface area contributed by atoms with Crippen LogP contribution >= 0.6 is 0 Å². The molecule has 0 aromatic heterocycles. The predicted octanol–water partition coefficient (Wildman–Crippen LogP) is 3.67. The summed E-state index contributed by atoms with van der Waals surface area (Å²) in [7, 11) is 2.17. The van der Waals surface area contributed by atoms with E-state index in [1.807, 2.05) is 27.7 Å². The van der Waals surface area contributed by atoms with Gasteiger partial charge in [-0.15, -0.1) is 0 Å². The molecule has 0 aliphatic carbocycles. The van der Waals surface area contributed by atoms with Crippen molar-refractivity contribution in [3.05, 3.63) is 29.8 Å². The van der Waals surface area contributed by atoms with E-state index in [4.69, 9.17) is 0 Å². The molecule has 1 amide bonds. The van der Waals surface area contributed by atoms with Crippen molar-refractivity contribution in [2.75, 3.05) is 31.6 Å². The summed E-state index contributed by atoms with van der Waals surface area (Å²) in [4.78, 5) is 17.9. The van der Waals surface area contributed by atoms with Gasteiger partial charge < -0.3 is 14.9 Å². The Balaban J connectivity index is 2.15. The van der Waals surface area contributed by atoms with Crippen LogP contribution in [-0.2, 0) is 0 Å². The Morgan fingerprint density at radius 2 is 1.83 bits per heavy atom. The molecule has 1 aliphatic heterocycles. The number of benzene rings is 1. The van der Waals surface area contributed by atoms with Crippen molar-refractivity contribution in [2.24, 2.45) is 0 Å². The Kier molecular flexibility index (Phi) is 5.43. The Hall–Kier alpha value is -1.75. The highest BCUT2D eigenvalue weighted by atomic mass is 16.4. The van der Waals surface area contributed by atoms with E-state index < -0.39 is 11.6 Å². The summed E-state index contributed by atoms with van der Waals surface area (Å²) in [6.45, 7) is 13.1. The minimum absolute atomic E-state index is 0.178. The number of rotatable bonds is 3. The Morgan fingerprint density at radius 1 is 1.25 bits per heavy atom. The van der Waals surface area contributed by atoms with E-state index in [1.165, 1.54) is 10.6 Å². The van der Waals surface area contributed by atoms with Crippen molar-refractivity contribution >= 4 is 11.8 Å². The van der Waals surface area contributed by atoms with E-state index in [-0.39, 0.29) is 6.04 Å². The van der Waals surface area contributed by atoms with Crippen LogP contribution in [0.2, 0.25) is 0 Å². The van der Waals surface area contributed by atoms with Gasteiger partial charge >= 0.3 is 6.09 Å². The van der Waals surface area contributed by atoms with Crippen LogP contribution < -0.4 is 4.90 Å². The van der Waals surface area contributed by atoms with Gasteiger partial charge in [-0.1, -0.05) is 12.1 Å². The van der Waals surface area contributed by atoms with Gasteiger partial charge in [-0.2, -0.15) is 0 Å². The minimum atomic E-state index is -0.882. The predicted molar refractivity (Wildman–Crippen MR) is 98.8 cm³/mol. The average molecular weight is 333 g/mol. The molecule has 0 bridgehead atoms. The first-order valence-electron chi connectivity index (χ1n) is 8.68. The van der Waals surface area contributed by atoms with Gasteiger partial charge in [0.15, 0.2) is 0 Å². The molecule has 0 radical (unpaired) electrons. The summed E-state index contributed by atoms with van der Waals surface area (Å²) in [5.74, 6) is 0. The normalized spacial score (nSPS) is 20.8. The summed E-state index contributed by atoms with van der Waals surface area (Å²) in [6.07, 6.45) is -0.882. The molecule has 5 nitrogen and oxygen atoms in total. The minimum Gasteiger partial charge on any atom is -0.465 e. The van der Waals surface area contributed by atoms with Crippen molar-refractivity contribution in [3.8, 4) is 0 Å². The first-order chi connectivity index (χ1) is 11.1. The summed E-state index contributed by atoms with van der Waals surface area (Å²) in [6, 6.07) is 8.72. The third kappa shape index (κ3) is 4.01. The Morgan fingerprint density at radius 3 is 2.29 bits per heavy atom. The van der Waals surface area contributed by atoms with Crippen molar-refractivity contribution in [1.82, 2.24) is 9.80 Å². The molecule has 1 aliphatic rings. The van der Waals surface area contributed by atoms with Gasteiger partial charge in [-0.05, 0) is 59.4 Å². The SMILES string of the molecule is C[C@@H]1CN(c2ccc([C@H](C)N(C(=O)O)C(C)(C)C)cc2)CCN1C. The zero-order valence-electron chi connectivity index (χ0n) is 15.8. The molecular weight excluding hydrogens is 302 g/mol. The lowest BCUT2D eigenvalue weighted by Gasteiger charge is -2.40. The molecule has 5 heteroatoms. The third-order valence-corrected chi connectivity index (χ3v) is 5.02. The Bertz CT molecular complexity index is 565. The highest BCUT2D eigenvalue weighted by molar-refractivity contribution is 5.67. The van der Waals surface area contributed by atoms with Crippen LogP contribution in [0.4, 0.5) is 10.5 Å². The van der Waals surface area contributed by atoms with Crippen LogP contribution in [0.3, 0.4) is 0 Å². The van der Waals surface area contributed by atoms with Crippen LogP contribution in [-0.4, -0.2) is 59.3 Å². The molecule has 1 fully saturated rings. The maximum absolute atomic E-state index is 11.7. The number of likely N-dealkylation sites (N-methyl/N-ethyl adjacent to an activating group) is 1. The fourth-order valence-corrected chi connectivity index (χ4v) is 3.43. The van der Waals surface area contributed by atoms with Gasteiger partial charge in [0, 0.05) is 36.9 Å². The number of piperazine rings is 1. The molecule has 134 valence electrons. The maximum Gasteiger partial charge on any atom is 0.408 e. The molecule has 1 saturated heterocycles. The van der Waals surface area contributed by atoms with Gasteiger partial charge in [-0.3, -0.25) is 4.90 Å². The first-order valence-corrected chi connectivity index (χ1v) is 8.68. The van der Waals surface area contributed by atoms with E-state index in [0.29, 0.717) is 6.04 Å². The van der Waals surface area contributed by atoms with E-state index >= 15 is 0 Å². The average Bonchev–Trinajstić information content (AvgIpc) is 2.48. The monoisotopic (exact) mass is 333 g/mol. The second-order valence-electron chi connectivity index (χ2n) is 7.87. The van der Waals surface area contributed by atoms with Crippen LogP contribution in [0, 0.1) is 0 Å². The fourth-order valence-electron chi connectivity index (χ4n) is 3.43. The number of nitrogens with zero attached hydrogens (tertiary/aromatic N) is 3. The number of amides is 1. The van der Waals surface area contributed by atoms with Crippen LogP contribution in [0.1, 0.15) is 46.2 Å². The molecule has 0 unspecified atom stereocenters. The summed E-state index contributed by atoms with van der Waals surface area (Å²) >= 11 is 0. The number of carbonyl (C=O) groups is 1. The van der Waals surface area contributed by atoms with Gasteiger partial charge in [0.1, 0.15) is 0 Å². The summed E-state index contributed by atoms with van der Waals surface area (Å²) in [5.41, 5.74) is 1.80. The lowest BCUT2D eigenvalue weighted by molar-refractivity contribution is 0.0753.